The number of benzene rings is 1. The molecule has 2 saturated heterocycles. The predicted octanol–water partition coefficient (Wildman–Crippen LogP) is 5.45. The highest BCUT2D eigenvalue weighted by Crippen LogP contribution is 2.42. The van der Waals surface area contributed by atoms with Crippen molar-refractivity contribution in [3.8, 4) is 11.3 Å². The number of fused-ring (bicyclic) bond motifs is 5. The highest BCUT2D eigenvalue weighted by atomic mass is 32.2. The number of methoxy groups -OCH3 is 2. The molecule has 0 radical (unpaired) electrons. The van der Waals surface area contributed by atoms with Crippen molar-refractivity contribution < 1.29 is 38.2 Å². The van der Waals surface area contributed by atoms with Crippen LogP contribution in [0.3, 0.4) is 0 Å². The van der Waals surface area contributed by atoms with Crippen molar-refractivity contribution in [1.29, 1.82) is 0 Å². The van der Waals surface area contributed by atoms with Crippen LogP contribution in [0.2, 0.25) is 0 Å². The Morgan fingerprint density at radius 2 is 1.88 bits per heavy atom. The molecule has 7 atom stereocenters. The molecule has 0 saturated carbocycles. The molecule has 6 bridgehead atoms. The first-order valence-corrected chi connectivity index (χ1v) is 23.3. The van der Waals surface area contributed by atoms with E-state index >= 15 is 0 Å². The van der Waals surface area contributed by atoms with Gasteiger partial charge in [-0.3, -0.25) is 34.2 Å². The Morgan fingerprint density at radius 3 is 2.59 bits per heavy atom. The van der Waals surface area contributed by atoms with Crippen LogP contribution in [0, 0.1) is 23.2 Å². The molecule has 3 aromatic rings. The molecule has 4 aliphatic heterocycles. The van der Waals surface area contributed by atoms with E-state index in [1.807, 2.05) is 33.8 Å². The Labute approximate surface area is 380 Å². The lowest BCUT2D eigenvalue weighted by atomic mass is 9.84. The van der Waals surface area contributed by atoms with Gasteiger partial charge in [0.1, 0.15) is 18.1 Å². The summed E-state index contributed by atoms with van der Waals surface area (Å²) in [4.78, 5) is 82.2. The fraction of sp³-hybridized carbons (Fsp3) is 0.596. The molecule has 2 fully saturated rings. The molecule has 0 aliphatic carbocycles. The molecule has 1 aromatic carbocycles. The van der Waals surface area contributed by atoms with Gasteiger partial charge < -0.3 is 33.9 Å². The largest absolute Gasteiger partial charge is 0.464 e. The molecule has 4 aliphatic rings. The molecule has 64 heavy (non-hydrogen) atoms. The van der Waals surface area contributed by atoms with Crippen molar-refractivity contribution in [3.05, 3.63) is 53.3 Å². The van der Waals surface area contributed by atoms with E-state index in [0.717, 1.165) is 44.0 Å². The number of rotatable bonds is 8. The van der Waals surface area contributed by atoms with Gasteiger partial charge in [-0.15, -0.1) is 11.8 Å². The van der Waals surface area contributed by atoms with Crippen LogP contribution in [0.15, 0.2) is 41.5 Å². The second-order valence-corrected chi connectivity index (χ2v) is 20.0. The van der Waals surface area contributed by atoms with Gasteiger partial charge >= 0.3 is 12.1 Å². The summed E-state index contributed by atoms with van der Waals surface area (Å²) < 4.78 is 19.0. The van der Waals surface area contributed by atoms with Gasteiger partial charge in [-0.05, 0) is 73.4 Å². The van der Waals surface area contributed by atoms with Crippen molar-refractivity contribution in [3.63, 3.8) is 0 Å². The Morgan fingerprint density at radius 1 is 1.11 bits per heavy atom. The Bertz CT molecular complexity index is 2310. The number of aryl methyl sites for hydroxylation is 1. The number of ether oxygens (including phenoxy) is 3. The molecule has 2 aromatic heterocycles. The number of amides is 4. The van der Waals surface area contributed by atoms with Crippen molar-refractivity contribution >= 4 is 57.5 Å². The Balaban J connectivity index is 1.24. The summed E-state index contributed by atoms with van der Waals surface area (Å²) in [6.07, 6.45) is 2.75. The Hall–Kier alpha value is -5.00. The third kappa shape index (κ3) is 9.52. The van der Waals surface area contributed by atoms with Crippen LogP contribution in [0.25, 0.3) is 22.2 Å². The zero-order chi connectivity index (χ0) is 46.2. The first-order valence-electron chi connectivity index (χ1n) is 22.4. The number of carbonyl (C=O) groups is 5. The van der Waals surface area contributed by atoms with Gasteiger partial charge in [0.2, 0.25) is 11.8 Å². The molecular formula is C47H64N8O8S. The first-order chi connectivity index (χ1) is 30.4. The molecule has 0 spiro atoms. The lowest BCUT2D eigenvalue weighted by molar-refractivity contribution is -0.155. The molecular weight excluding hydrogens is 837 g/mol. The molecule has 346 valence electrons. The summed E-state index contributed by atoms with van der Waals surface area (Å²) in [5.41, 5.74) is 8.63. The number of esters is 1. The topological polar surface area (TPSA) is 177 Å². The molecule has 16 nitrogen and oxygen atoms in total. The smallest absolute Gasteiger partial charge is 0.409 e. The molecule has 1 unspecified atom stereocenters. The van der Waals surface area contributed by atoms with E-state index in [0.29, 0.717) is 38.1 Å². The van der Waals surface area contributed by atoms with Gasteiger partial charge in [0.15, 0.2) is 0 Å². The predicted molar refractivity (Wildman–Crippen MR) is 245 cm³/mol. The molecule has 7 rings (SSSR count). The van der Waals surface area contributed by atoms with Gasteiger partial charge in [-0.25, -0.2) is 10.2 Å². The normalized spacial score (nSPS) is 24.8. The number of cyclic esters (lactones) is 1. The van der Waals surface area contributed by atoms with Crippen LogP contribution in [0.4, 0.5) is 4.79 Å². The standard InChI is InChI=1S/C47H64N8O8S/c1-26(2)40(53(8)43(57)33-23-54(22-27(33)3)46(60)62-10)42(56)50-35-20-38-49-36(24-64-38)29-15-16-37-31(19-29)32(41(52(37)7)30-13-11-17-48-39(30)28(4)61-9)21-47(5,6)25-63-45(59)34-14-12-18-55(51-34)44(35)58/h11,13,15-17,19,26-28,33-36,40,51H,12,14,18,20-25H2,1-10H3,(H,50,56)/t27-,28-,33+,34-,35-,36?,40-/m0/s1. The fourth-order valence-corrected chi connectivity index (χ4v) is 10.9. The van der Waals surface area contributed by atoms with E-state index < -0.39 is 53.3 Å². The van der Waals surface area contributed by atoms with E-state index in [9.17, 15) is 24.0 Å². The zero-order valence-electron chi connectivity index (χ0n) is 38.8. The number of pyridine rings is 1. The number of aromatic nitrogens is 2. The molecule has 17 heteroatoms. The van der Waals surface area contributed by atoms with E-state index in [4.69, 9.17) is 24.2 Å². The highest BCUT2D eigenvalue weighted by Gasteiger charge is 2.43. The minimum atomic E-state index is -1.06. The van der Waals surface area contributed by atoms with Gasteiger partial charge in [-0.2, -0.15) is 0 Å². The zero-order valence-corrected chi connectivity index (χ0v) is 39.6. The summed E-state index contributed by atoms with van der Waals surface area (Å²) in [7, 11) is 6.66. The van der Waals surface area contributed by atoms with E-state index in [-0.39, 0.29) is 49.5 Å². The lowest BCUT2D eigenvalue weighted by Gasteiger charge is -2.37. The number of nitrogens with one attached hydrogen (secondary N) is 2. The third-order valence-electron chi connectivity index (χ3n) is 13.3. The van der Waals surface area contributed by atoms with Crippen molar-refractivity contribution in [1.82, 2.24) is 35.1 Å². The van der Waals surface area contributed by atoms with Gasteiger partial charge in [0.05, 0.1) is 48.2 Å². The average Bonchev–Trinajstić information content (AvgIpc) is 3.99. The maximum Gasteiger partial charge on any atom is 0.409 e. The SMILES string of the molecule is COC(=O)N1C[C@H](C)[C@H](C(=O)N(C)[C@H](C(=O)N[C@H]2CC3=NC(CS3)c3ccc4c(c3)c(c(-c3cccnc3[C@H](C)OC)n4C)CC(C)(C)COC(=O)[C@@H]3CCCN(N3)C2=O)C(C)C)C1. The summed E-state index contributed by atoms with van der Waals surface area (Å²) in [6.45, 7) is 12.8. The van der Waals surface area contributed by atoms with Crippen molar-refractivity contribution in [2.24, 2.45) is 35.2 Å². The number of carbonyl (C=O) groups excluding carboxylic acids is 5. The van der Waals surface area contributed by atoms with E-state index in [2.05, 4.69) is 60.5 Å². The number of hydrazine groups is 1. The highest BCUT2D eigenvalue weighted by molar-refractivity contribution is 8.14. The number of likely N-dealkylation sites (N-methyl/N-ethyl adjacent to an activating group) is 1. The maximum absolute atomic E-state index is 14.6. The molecule has 4 amide bonds. The van der Waals surface area contributed by atoms with Crippen molar-refractivity contribution in [2.75, 3.05) is 53.3 Å². The fourth-order valence-electron chi connectivity index (χ4n) is 9.75. The number of likely N-dealkylation sites (tertiary alicyclic amines) is 1. The average molecular weight is 901 g/mol. The van der Waals surface area contributed by atoms with Gasteiger partial charge in [-0.1, -0.05) is 40.7 Å². The number of nitrogens with zero attached hydrogens (tertiary/aromatic N) is 6. The first kappa shape index (κ1) is 47.0. The van der Waals surface area contributed by atoms with Gasteiger partial charge in [0, 0.05) is 81.1 Å². The summed E-state index contributed by atoms with van der Waals surface area (Å²) in [6, 6.07) is 7.52. The quantitative estimate of drug-likeness (QED) is 0.275. The van der Waals surface area contributed by atoms with Crippen LogP contribution in [-0.2, 0) is 46.9 Å². The maximum atomic E-state index is 14.6. The summed E-state index contributed by atoms with van der Waals surface area (Å²) in [5, 5.41) is 6.25. The van der Waals surface area contributed by atoms with Crippen molar-refractivity contribution in [2.45, 2.75) is 97.5 Å². The lowest BCUT2D eigenvalue weighted by Crippen LogP contribution is -2.62. The third-order valence-corrected chi connectivity index (χ3v) is 14.4. The van der Waals surface area contributed by atoms with E-state index in [1.165, 1.54) is 21.9 Å². The Kier molecular flexibility index (Phi) is 14.1. The second-order valence-electron chi connectivity index (χ2n) is 19.0. The molecule has 6 heterocycles. The minimum Gasteiger partial charge on any atom is -0.464 e. The number of thioether (sulfide) groups is 1. The van der Waals surface area contributed by atoms with Gasteiger partial charge in [0.25, 0.3) is 5.91 Å². The molecule has 2 N–H and O–H groups in total. The number of hydrogen-bond donors (Lipinski definition) is 2. The van der Waals surface area contributed by atoms with Crippen LogP contribution in [0.5, 0.6) is 0 Å². The summed E-state index contributed by atoms with van der Waals surface area (Å²) >= 11 is 1.56. The number of hydrogen-bond acceptors (Lipinski definition) is 12. The number of aliphatic imine (C=N–C) groups is 1. The summed E-state index contributed by atoms with van der Waals surface area (Å²) in [5.74, 6) is -1.95. The minimum absolute atomic E-state index is 0.119. The van der Waals surface area contributed by atoms with Crippen LogP contribution < -0.4 is 10.7 Å². The second kappa shape index (κ2) is 19.2. The van der Waals surface area contributed by atoms with Crippen LogP contribution >= 0.6 is 11.8 Å². The monoisotopic (exact) mass is 900 g/mol. The van der Waals surface area contributed by atoms with E-state index in [1.54, 1.807) is 32.1 Å². The van der Waals surface area contributed by atoms with Crippen LogP contribution in [0.1, 0.15) is 89.8 Å². The van der Waals surface area contributed by atoms with Crippen LogP contribution in [-0.4, -0.2) is 131 Å².